The summed E-state index contributed by atoms with van der Waals surface area (Å²) in [7, 11) is 0. The predicted molar refractivity (Wildman–Crippen MR) is 88.8 cm³/mol. The summed E-state index contributed by atoms with van der Waals surface area (Å²) >= 11 is 4.98. The van der Waals surface area contributed by atoms with Crippen molar-refractivity contribution in [2.75, 3.05) is 18.0 Å². The Balaban J connectivity index is 2.43. The molecule has 0 saturated heterocycles. The average Bonchev–Trinajstić information content (AvgIpc) is 2.42. The van der Waals surface area contributed by atoms with Crippen LogP contribution in [0.1, 0.15) is 45.4 Å². The molecule has 1 rings (SSSR count). The number of anilines is 1. The van der Waals surface area contributed by atoms with Crippen LogP contribution in [-0.4, -0.2) is 18.1 Å². The molecule has 2 N–H and O–H groups in total. The Morgan fingerprint density at radius 2 is 1.74 bits per heavy atom. The zero-order valence-electron chi connectivity index (χ0n) is 12.0. The van der Waals surface area contributed by atoms with E-state index in [4.69, 9.17) is 18.0 Å². The molecule has 3 heteroatoms. The SMILES string of the molecule is CCCCCCCN(CCC(N)=S)c1ccccc1. The fourth-order valence-electron chi connectivity index (χ4n) is 2.16. The Hall–Kier alpha value is -1.09. The molecule has 0 aliphatic rings. The van der Waals surface area contributed by atoms with Crippen LogP contribution in [0, 0.1) is 0 Å². The number of thiocarbonyl (C=S) groups is 1. The molecule has 1 aromatic carbocycles. The van der Waals surface area contributed by atoms with Gasteiger partial charge in [0.05, 0.1) is 4.99 Å². The maximum absolute atomic E-state index is 5.62. The lowest BCUT2D eigenvalue weighted by atomic mass is 10.1. The third-order valence-corrected chi connectivity index (χ3v) is 3.49. The molecule has 0 fully saturated rings. The van der Waals surface area contributed by atoms with Crippen molar-refractivity contribution < 1.29 is 0 Å². The molecule has 0 atom stereocenters. The number of benzene rings is 1. The molecule has 0 unspecified atom stereocenters. The van der Waals surface area contributed by atoms with Gasteiger partial charge in [0.25, 0.3) is 0 Å². The van der Waals surface area contributed by atoms with Gasteiger partial charge in [0.1, 0.15) is 0 Å². The number of hydrogen-bond acceptors (Lipinski definition) is 2. The molecule has 0 aromatic heterocycles. The van der Waals surface area contributed by atoms with Crippen molar-refractivity contribution in [2.24, 2.45) is 5.73 Å². The second kappa shape index (κ2) is 9.79. The first-order valence-corrected chi connectivity index (χ1v) is 7.73. The molecular formula is C16H26N2S. The lowest BCUT2D eigenvalue weighted by molar-refractivity contribution is 0.619. The maximum Gasteiger partial charge on any atom is 0.0745 e. The highest BCUT2D eigenvalue weighted by molar-refractivity contribution is 7.80. The molecule has 0 aliphatic heterocycles. The molecule has 19 heavy (non-hydrogen) atoms. The van der Waals surface area contributed by atoms with Gasteiger partial charge in [0.2, 0.25) is 0 Å². The van der Waals surface area contributed by atoms with Crippen LogP contribution >= 0.6 is 12.2 Å². The van der Waals surface area contributed by atoms with Crippen LogP contribution < -0.4 is 10.6 Å². The van der Waals surface area contributed by atoms with Crippen LogP contribution in [0.25, 0.3) is 0 Å². The highest BCUT2D eigenvalue weighted by Crippen LogP contribution is 2.15. The molecule has 106 valence electrons. The first kappa shape index (κ1) is 16.0. The highest BCUT2D eigenvalue weighted by Gasteiger charge is 2.06. The summed E-state index contributed by atoms with van der Waals surface area (Å²) in [5.74, 6) is 0. The van der Waals surface area contributed by atoms with Crippen LogP contribution in [0.4, 0.5) is 5.69 Å². The van der Waals surface area contributed by atoms with E-state index in [1.54, 1.807) is 0 Å². The molecule has 0 spiro atoms. The zero-order chi connectivity index (χ0) is 13.9. The third-order valence-electron chi connectivity index (χ3n) is 3.28. The molecule has 0 saturated carbocycles. The number of para-hydroxylation sites is 1. The van der Waals surface area contributed by atoms with Crippen molar-refractivity contribution in [3.63, 3.8) is 0 Å². The number of nitrogens with two attached hydrogens (primary N) is 1. The van der Waals surface area contributed by atoms with Crippen LogP contribution in [0.3, 0.4) is 0 Å². The molecule has 1 aromatic rings. The van der Waals surface area contributed by atoms with E-state index in [1.165, 1.54) is 37.8 Å². The van der Waals surface area contributed by atoms with Gasteiger partial charge < -0.3 is 10.6 Å². The van der Waals surface area contributed by atoms with Gasteiger partial charge >= 0.3 is 0 Å². The van der Waals surface area contributed by atoms with E-state index in [2.05, 4.69) is 42.2 Å². The minimum absolute atomic E-state index is 0.604. The third kappa shape index (κ3) is 7.16. The first-order valence-electron chi connectivity index (χ1n) is 7.32. The van der Waals surface area contributed by atoms with Crippen molar-refractivity contribution in [3.8, 4) is 0 Å². The van der Waals surface area contributed by atoms with Gasteiger partial charge in [-0.25, -0.2) is 0 Å². The normalized spacial score (nSPS) is 10.4. The summed E-state index contributed by atoms with van der Waals surface area (Å²) in [5, 5.41) is 0. The Bertz CT molecular complexity index is 351. The van der Waals surface area contributed by atoms with Gasteiger partial charge in [0.15, 0.2) is 0 Å². The highest BCUT2D eigenvalue weighted by atomic mass is 32.1. The van der Waals surface area contributed by atoms with Gasteiger partial charge in [-0.1, -0.05) is 63.0 Å². The quantitative estimate of drug-likeness (QED) is 0.515. The van der Waals surface area contributed by atoms with Crippen molar-refractivity contribution in [3.05, 3.63) is 30.3 Å². The second-order valence-electron chi connectivity index (χ2n) is 4.95. The summed E-state index contributed by atoms with van der Waals surface area (Å²) in [5.41, 5.74) is 6.89. The molecular weight excluding hydrogens is 252 g/mol. The van der Waals surface area contributed by atoms with Crippen molar-refractivity contribution >= 4 is 22.9 Å². The Kier molecular flexibility index (Phi) is 8.23. The molecule has 0 heterocycles. The largest absolute Gasteiger partial charge is 0.393 e. The Morgan fingerprint density at radius 1 is 1.05 bits per heavy atom. The average molecular weight is 278 g/mol. The summed E-state index contributed by atoms with van der Waals surface area (Å²) in [6.45, 7) is 4.27. The first-order chi connectivity index (χ1) is 9.24. The Morgan fingerprint density at radius 3 is 2.37 bits per heavy atom. The second-order valence-corrected chi connectivity index (χ2v) is 5.48. The summed E-state index contributed by atoms with van der Waals surface area (Å²) in [4.78, 5) is 3.00. The van der Waals surface area contributed by atoms with Crippen LogP contribution in [0.15, 0.2) is 30.3 Å². The van der Waals surface area contributed by atoms with Crippen molar-refractivity contribution in [2.45, 2.75) is 45.4 Å². The van der Waals surface area contributed by atoms with Crippen LogP contribution in [0.5, 0.6) is 0 Å². The summed E-state index contributed by atoms with van der Waals surface area (Å²) in [6, 6.07) is 10.5. The van der Waals surface area contributed by atoms with Gasteiger partial charge in [-0.2, -0.15) is 0 Å². The fourth-order valence-corrected chi connectivity index (χ4v) is 2.25. The van der Waals surface area contributed by atoms with E-state index in [0.29, 0.717) is 4.99 Å². The van der Waals surface area contributed by atoms with Crippen molar-refractivity contribution in [1.29, 1.82) is 0 Å². The summed E-state index contributed by atoms with van der Waals surface area (Å²) in [6.07, 6.45) is 7.33. The number of nitrogens with zero attached hydrogens (tertiary/aromatic N) is 1. The van der Waals surface area contributed by atoms with Crippen molar-refractivity contribution in [1.82, 2.24) is 0 Å². The van der Waals surface area contributed by atoms with Crippen LogP contribution in [0.2, 0.25) is 0 Å². The Labute approximate surface area is 123 Å². The number of unbranched alkanes of at least 4 members (excludes halogenated alkanes) is 4. The lowest BCUT2D eigenvalue weighted by Gasteiger charge is -2.24. The van der Waals surface area contributed by atoms with Gasteiger partial charge in [0, 0.05) is 25.2 Å². The topological polar surface area (TPSA) is 29.3 Å². The fraction of sp³-hybridized carbons (Fsp3) is 0.562. The number of hydrogen-bond donors (Lipinski definition) is 1. The predicted octanol–water partition coefficient (Wildman–Crippen LogP) is 4.14. The standard InChI is InChI=1S/C16H26N2S/c1-2-3-4-5-9-13-18(14-12-16(17)19)15-10-7-6-8-11-15/h6-8,10-11H,2-5,9,12-14H2,1H3,(H2,17,19). The van der Waals surface area contributed by atoms with Gasteiger partial charge in [-0.15, -0.1) is 0 Å². The van der Waals surface area contributed by atoms with E-state index < -0.39 is 0 Å². The monoisotopic (exact) mass is 278 g/mol. The molecule has 2 nitrogen and oxygen atoms in total. The molecule has 0 amide bonds. The number of rotatable bonds is 10. The van der Waals surface area contributed by atoms with E-state index in [0.717, 1.165) is 19.5 Å². The maximum atomic E-state index is 5.62. The lowest BCUT2D eigenvalue weighted by Crippen LogP contribution is -2.28. The van der Waals surface area contributed by atoms with Gasteiger partial charge in [-0.3, -0.25) is 0 Å². The summed E-state index contributed by atoms with van der Waals surface area (Å²) < 4.78 is 0. The van der Waals surface area contributed by atoms with Crippen LogP contribution in [-0.2, 0) is 0 Å². The molecule has 0 bridgehead atoms. The van der Waals surface area contributed by atoms with E-state index in [1.807, 2.05) is 0 Å². The van der Waals surface area contributed by atoms with E-state index in [9.17, 15) is 0 Å². The van der Waals surface area contributed by atoms with Gasteiger partial charge in [-0.05, 0) is 18.6 Å². The smallest absolute Gasteiger partial charge is 0.0745 e. The zero-order valence-corrected chi connectivity index (χ0v) is 12.8. The van der Waals surface area contributed by atoms with E-state index in [-0.39, 0.29) is 0 Å². The molecule has 0 radical (unpaired) electrons. The minimum Gasteiger partial charge on any atom is -0.393 e. The minimum atomic E-state index is 0.604. The van der Waals surface area contributed by atoms with E-state index >= 15 is 0 Å². The molecule has 0 aliphatic carbocycles.